The SMILES string of the molecule is CCOc1ccc(CN2CCN(C(=O)c3cc4cc(Oc5ncc(NC(=O)c6ccc(Cl)c(Cl)c6)cn5)ccc4n3C)CC2)cc1. The maximum absolute atomic E-state index is 13.5. The fourth-order valence-corrected chi connectivity index (χ4v) is 5.66. The number of halogens is 2. The Morgan fingerprint density at radius 2 is 1.59 bits per heavy atom. The number of fused-ring (bicyclic) bond motifs is 1. The molecular formula is C34H32Cl2N6O4. The zero-order chi connectivity index (χ0) is 32.2. The van der Waals surface area contributed by atoms with Crippen LogP contribution in [0.5, 0.6) is 17.5 Å². The third kappa shape index (κ3) is 7.09. The minimum atomic E-state index is -0.374. The standard InChI is InChI=1S/C34H32Cl2N6O4/c1-3-45-26-7-4-22(5-8-26)21-41-12-14-42(15-13-41)33(44)31-18-24-16-27(9-11-30(24)40(31)2)46-34-37-19-25(20-38-34)39-32(43)23-6-10-28(35)29(36)17-23/h4-11,16-20H,3,12-15,21H2,1-2H3,(H,39,43). The predicted octanol–water partition coefficient (Wildman–Crippen LogP) is 6.68. The van der Waals surface area contributed by atoms with Crippen molar-refractivity contribution in [2.45, 2.75) is 13.5 Å². The summed E-state index contributed by atoms with van der Waals surface area (Å²) in [4.78, 5) is 38.8. The van der Waals surface area contributed by atoms with Gasteiger partial charge in [-0.05, 0) is 67.1 Å². The summed E-state index contributed by atoms with van der Waals surface area (Å²) in [6, 6.07) is 20.4. The van der Waals surface area contributed by atoms with Gasteiger partial charge in [-0.25, -0.2) is 9.97 Å². The van der Waals surface area contributed by atoms with Crippen molar-refractivity contribution in [1.82, 2.24) is 24.3 Å². The highest BCUT2D eigenvalue weighted by Gasteiger charge is 2.25. The number of aryl methyl sites for hydroxylation is 1. The highest BCUT2D eigenvalue weighted by atomic mass is 35.5. The van der Waals surface area contributed by atoms with E-state index in [-0.39, 0.29) is 22.8 Å². The first kappa shape index (κ1) is 31.3. The average molecular weight is 660 g/mol. The van der Waals surface area contributed by atoms with Crippen molar-refractivity contribution in [3.63, 3.8) is 0 Å². The molecule has 0 radical (unpaired) electrons. The van der Waals surface area contributed by atoms with E-state index in [2.05, 4.69) is 32.3 Å². The van der Waals surface area contributed by atoms with E-state index in [1.165, 1.54) is 24.0 Å². The summed E-state index contributed by atoms with van der Waals surface area (Å²) in [5.41, 5.74) is 3.49. The largest absolute Gasteiger partial charge is 0.494 e. The summed E-state index contributed by atoms with van der Waals surface area (Å²) in [5, 5.41) is 4.24. The molecular weight excluding hydrogens is 627 g/mol. The lowest BCUT2D eigenvalue weighted by molar-refractivity contribution is 0.0619. The van der Waals surface area contributed by atoms with Gasteiger partial charge in [-0.2, -0.15) is 0 Å². The van der Waals surface area contributed by atoms with Crippen molar-refractivity contribution < 1.29 is 19.1 Å². The smallest absolute Gasteiger partial charge is 0.322 e. The maximum Gasteiger partial charge on any atom is 0.322 e. The number of nitrogens with one attached hydrogen (secondary N) is 1. The van der Waals surface area contributed by atoms with Gasteiger partial charge >= 0.3 is 6.01 Å². The Bertz CT molecular complexity index is 1870. The first-order chi connectivity index (χ1) is 22.3. The number of anilines is 1. The first-order valence-corrected chi connectivity index (χ1v) is 15.6. The molecule has 1 saturated heterocycles. The number of benzene rings is 3. The maximum atomic E-state index is 13.5. The molecule has 1 fully saturated rings. The zero-order valence-corrected chi connectivity index (χ0v) is 26.9. The molecule has 1 aliphatic heterocycles. The van der Waals surface area contributed by atoms with Crippen LogP contribution in [0.15, 0.2) is 79.1 Å². The van der Waals surface area contributed by atoms with Crippen molar-refractivity contribution in [2.24, 2.45) is 7.05 Å². The van der Waals surface area contributed by atoms with E-state index in [0.717, 1.165) is 36.3 Å². The van der Waals surface area contributed by atoms with E-state index in [1.54, 1.807) is 18.2 Å². The number of amides is 2. The lowest BCUT2D eigenvalue weighted by atomic mass is 10.2. The highest BCUT2D eigenvalue weighted by molar-refractivity contribution is 6.42. The van der Waals surface area contributed by atoms with E-state index in [4.69, 9.17) is 32.7 Å². The lowest BCUT2D eigenvalue weighted by Crippen LogP contribution is -2.48. The molecule has 1 aliphatic rings. The van der Waals surface area contributed by atoms with E-state index in [1.807, 2.05) is 53.8 Å². The number of rotatable bonds is 9. The Kier molecular flexibility index (Phi) is 9.39. The molecule has 0 unspecified atom stereocenters. The normalized spacial score (nSPS) is 13.5. The van der Waals surface area contributed by atoms with Crippen LogP contribution in [0.25, 0.3) is 10.9 Å². The third-order valence-corrected chi connectivity index (χ3v) is 8.55. The van der Waals surface area contributed by atoms with Crippen LogP contribution in [-0.4, -0.2) is 68.9 Å². The second-order valence-corrected chi connectivity index (χ2v) is 11.7. The number of carbonyl (C=O) groups is 2. The first-order valence-electron chi connectivity index (χ1n) is 14.9. The van der Waals surface area contributed by atoms with Crippen LogP contribution in [0.1, 0.15) is 33.3 Å². The molecule has 0 aliphatic carbocycles. The Morgan fingerprint density at radius 3 is 2.28 bits per heavy atom. The number of hydrogen-bond donors (Lipinski definition) is 1. The van der Waals surface area contributed by atoms with Gasteiger partial charge < -0.3 is 24.3 Å². The van der Waals surface area contributed by atoms with Gasteiger partial charge in [0, 0.05) is 56.2 Å². The van der Waals surface area contributed by atoms with Crippen molar-refractivity contribution in [2.75, 3.05) is 38.1 Å². The monoisotopic (exact) mass is 658 g/mol. The van der Waals surface area contributed by atoms with E-state index in [0.29, 0.717) is 47.4 Å². The zero-order valence-electron chi connectivity index (χ0n) is 25.4. The Labute approximate surface area is 276 Å². The summed E-state index contributed by atoms with van der Waals surface area (Å²) in [5.74, 6) is 1.03. The third-order valence-electron chi connectivity index (χ3n) is 7.81. The number of aromatic nitrogens is 3. The fourth-order valence-electron chi connectivity index (χ4n) is 5.36. The minimum absolute atomic E-state index is 0.00345. The average Bonchev–Trinajstić information content (AvgIpc) is 3.39. The molecule has 5 aromatic rings. The van der Waals surface area contributed by atoms with Crippen molar-refractivity contribution in [3.05, 3.63) is 106 Å². The predicted molar refractivity (Wildman–Crippen MR) is 178 cm³/mol. The van der Waals surface area contributed by atoms with Gasteiger partial charge in [0.15, 0.2) is 0 Å². The summed E-state index contributed by atoms with van der Waals surface area (Å²) < 4.78 is 13.3. The molecule has 0 atom stereocenters. The molecule has 2 amide bonds. The molecule has 3 aromatic carbocycles. The highest BCUT2D eigenvalue weighted by Crippen LogP contribution is 2.28. The molecule has 12 heteroatoms. The van der Waals surface area contributed by atoms with E-state index < -0.39 is 0 Å². The second-order valence-electron chi connectivity index (χ2n) is 10.9. The van der Waals surface area contributed by atoms with Crippen molar-refractivity contribution >= 4 is 51.6 Å². The summed E-state index contributed by atoms with van der Waals surface area (Å²) in [7, 11) is 1.90. The van der Waals surface area contributed by atoms with Crippen LogP contribution in [0.3, 0.4) is 0 Å². The Balaban J connectivity index is 1.06. The second kappa shape index (κ2) is 13.8. The fraction of sp³-hybridized carbons (Fsp3) is 0.235. The van der Waals surface area contributed by atoms with Crippen LogP contribution < -0.4 is 14.8 Å². The van der Waals surface area contributed by atoms with Crippen molar-refractivity contribution in [3.8, 4) is 17.5 Å². The summed E-state index contributed by atoms with van der Waals surface area (Å²) >= 11 is 11.9. The van der Waals surface area contributed by atoms with Gasteiger partial charge in [-0.1, -0.05) is 35.3 Å². The summed E-state index contributed by atoms with van der Waals surface area (Å²) in [6.07, 6.45) is 2.90. The van der Waals surface area contributed by atoms with Crippen LogP contribution in [0, 0.1) is 0 Å². The molecule has 0 saturated carbocycles. The van der Waals surface area contributed by atoms with Gasteiger partial charge in [0.05, 0.1) is 34.7 Å². The number of hydrogen-bond acceptors (Lipinski definition) is 7. The van der Waals surface area contributed by atoms with Crippen LogP contribution in [-0.2, 0) is 13.6 Å². The van der Waals surface area contributed by atoms with E-state index in [9.17, 15) is 9.59 Å². The van der Waals surface area contributed by atoms with E-state index >= 15 is 0 Å². The number of carbonyl (C=O) groups excluding carboxylic acids is 2. The number of piperazine rings is 1. The number of nitrogens with zero attached hydrogens (tertiary/aromatic N) is 5. The van der Waals surface area contributed by atoms with Gasteiger partial charge in [-0.15, -0.1) is 0 Å². The van der Waals surface area contributed by atoms with Gasteiger partial charge in [0.2, 0.25) is 0 Å². The van der Waals surface area contributed by atoms with Crippen molar-refractivity contribution in [1.29, 1.82) is 0 Å². The topological polar surface area (TPSA) is 102 Å². The number of ether oxygens (including phenoxy) is 2. The molecule has 236 valence electrons. The molecule has 3 heterocycles. The van der Waals surface area contributed by atoms with Gasteiger partial charge in [0.1, 0.15) is 17.2 Å². The molecule has 46 heavy (non-hydrogen) atoms. The molecule has 0 bridgehead atoms. The van der Waals surface area contributed by atoms with Crippen LogP contribution in [0.4, 0.5) is 5.69 Å². The lowest BCUT2D eigenvalue weighted by Gasteiger charge is -2.34. The molecule has 1 N–H and O–H groups in total. The van der Waals surface area contributed by atoms with Crippen LogP contribution >= 0.6 is 23.2 Å². The summed E-state index contributed by atoms with van der Waals surface area (Å²) in [6.45, 7) is 6.39. The molecule has 0 spiro atoms. The Morgan fingerprint density at radius 1 is 0.870 bits per heavy atom. The molecule has 2 aromatic heterocycles. The van der Waals surface area contributed by atoms with Crippen LogP contribution in [0.2, 0.25) is 10.0 Å². The minimum Gasteiger partial charge on any atom is -0.494 e. The Hall–Kier alpha value is -4.64. The molecule has 10 nitrogen and oxygen atoms in total. The molecule has 6 rings (SSSR count). The van der Waals surface area contributed by atoms with Gasteiger partial charge in [0.25, 0.3) is 11.8 Å². The quantitative estimate of drug-likeness (QED) is 0.189. The van der Waals surface area contributed by atoms with Gasteiger partial charge in [-0.3, -0.25) is 14.5 Å².